The molecular formula is C11H24N2O. The Morgan fingerprint density at radius 2 is 2.14 bits per heavy atom. The van der Waals surface area contributed by atoms with Gasteiger partial charge in [-0.05, 0) is 26.4 Å². The summed E-state index contributed by atoms with van der Waals surface area (Å²) in [6, 6.07) is 0.547. The molecule has 1 saturated heterocycles. The number of ether oxygens (including phenoxy) is 1. The van der Waals surface area contributed by atoms with Gasteiger partial charge in [0.1, 0.15) is 0 Å². The van der Waals surface area contributed by atoms with Gasteiger partial charge in [0.15, 0.2) is 0 Å². The first-order valence-corrected chi connectivity index (χ1v) is 5.59. The monoisotopic (exact) mass is 200 g/mol. The molecule has 0 amide bonds. The zero-order valence-corrected chi connectivity index (χ0v) is 9.92. The Hall–Kier alpha value is -0.120. The third-order valence-electron chi connectivity index (χ3n) is 2.82. The highest BCUT2D eigenvalue weighted by atomic mass is 16.5. The second kappa shape index (κ2) is 5.69. The molecule has 3 nitrogen and oxygen atoms in total. The average Bonchev–Trinajstić information content (AvgIpc) is 2.15. The van der Waals surface area contributed by atoms with Crippen molar-refractivity contribution in [1.82, 2.24) is 10.2 Å². The van der Waals surface area contributed by atoms with E-state index < -0.39 is 0 Å². The predicted octanol–water partition coefficient (Wildman–Crippen LogP) is 0.951. The fourth-order valence-electron chi connectivity index (χ4n) is 1.66. The number of morpholine rings is 1. The van der Waals surface area contributed by atoms with Crippen molar-refractivity contribution in [2.75, 3.05) is 33.8 Å². The molecule has 2 unspecified atom stereocenters. The van der Waals surface area contributed by atoms with Crippen molar-refractivity contribution in [3.05, 3.63) is 0 Å². The van der Waals surface area contributed by atoms with Gasteiger partial charge in [-0.15, -0.1) is 0 Å². The second-order valence-electron chi connectivity index (χ2n) is 4.81. The highest BCUT2D eigenvalue weighted by Gasteiger charge is 2.22. The zero-order valence-electron chi connectivity index (χ0n) is 9.92. The van der Waals surface area contributed by atoms with Crippen LogP contribution in [0, 0.1) is 5.92 Å². The van der Waals surface area contributed by atoms with E-state index in [-0.39, 0.29) is 0 Å². The highest BCUT2D eigenvalue weighted by molar-refractivity contribution is 4.78. The number of nitrogens with one attached hydrogen (secondary N) is 1. The van der Waals surface area contributed by atoms with Gasteiger partial charge >= 0.3 is 0 Å². The van der Waals surface area contributed by atoms with Crippen molar-refractivity contribution in [1.29, 1.82) is 0 Å². The SMILES string of the molecule is CC(C)C1COC(CCN(C)C)CN1. The number of rotatable bonds is 4. The Morgan fingerprint density at radius 1 is 1.43 bits per heavy atom. The normalized spacial score (nSPS) is 28.7. The maximum Gasteiger partial charge on any atom is 0.0712 e. The molecule has 3 heteroatoms. The minimum atomic E-state index is 0.410. The van der Waals surface area contributed by atoms with Gasteiger partial charge in [0.2, 0.25) is 0 Å². The summed E-state index contributed by atoms with van der Waals surface area (Å²) in [6.07, 6.45) is 1.54. The summed E-state index contributed by atoms with van der Waals surface area (Å²) in [5, 5.41) is 3.55. The molecule has 84 valence electrons. The molecule has 1 heterocycles. The minimum Gasteiger partial charge on any atom is -0.375 e. The van der Waals surface area contributed by atoms with Crippen LogP contribution in [0.2, 0.25) is 0 Å². The van der Waals surface area contributed by atoms with E-state index in [1.165, 1.54) is 0 Å². The number of hydrogen-bond donors (Lipinski definition) is 1. The third kappa shape index (κ3) is 3.95. The predicted molar refractivity (Wildman–Crippen MR) is 59.5 cm³/mol. The summed E-state index contributed by atoms with van der Waals surface area (Å²) in [6.45, 7) is 7.47. The van der Waals surface area contributed by atoms with E-state index in [1.807, 2.05) is 0 Å². The molecule has 0 spiro atoms. The van der Waals surface area contributed by atoms with Crippen LogP contribution in [-0.4, -0.2) is 50.8 Å². The Labute approximate surface area is 87.8 Å². The van der Waals surface area contributed by atoms with Crippen LogP contribution in [0.5, 0.6) is 0 Å². The lowest BCUT2D eigenvalue weighted by Crippen LogP contribution is -2.49. The molecule has 0 bridgehead atoms. The summed E-state index contributed by atoms with van der Waals surface area (Å²) in [5.74, 6) is 0.671. The topological polar surface area (TPSA) is 24.5 Å². The molecule has 2 atom stereocenters. The summed E-state index contributed by atoms with van der Waals surface area (Å²) < 4.78 is 5.81. The van der Waals surface area contributed by atoms with Crippen LogP contribution in [0.3, 0.4) is 0 Å². The van der Waals surface area contributed by atoms with Crippen LogP contribution in [-0.2, 0) is 4.74 Å². The van der Waals surface area contributed by atoms with Gasteiger partial charge in [-0.25, -0.2) is 0 Å². The van der Waals surface area contributed by atoms with Crippen LogP contribution >= 0.6 is 0 Å². The van der Waals surface area contributed by atoms with Gasteiger partial charge in [0.25, 0.3) is 0 Å². The number of nitrogens with zero attached hydrogens (tertiary/aromatic N) is 1. The molecule has 14 heavy (non-hydrogen) atoms. The fourth-order valence-corrected chi connectivity index (χ4v) is 1.66. The van der Waals surface area contributed by atoms with E-state index in [0.717, 1.165) is 26.1 Å². The molecule has 0 radical (unpaired) electrons. The summed E-state index contributed by atoms with van der Waals surface area (Å²) in [4.78, 5) is 2.21. The molecule has 1 fully saturated rings. The van der Waals surface area contributed by atoms with E-state index in [2.05, 4.69) is 38.2 Å². The first kappa shape index (κ1) is 12.0. The molecule has 0 aromatic rings. The van der Waals surface area contributed by atoms with E-state index in [9.17, 15) is 0 Å². The van der Waals surface area contributed by atoms with E-state index >= 15 is 0 Å². The van der Waals surface area contributed by atoms with Gasteiger partial charge in [-0.2, -0.15) is 0 Å². The Balaban J connectivity index is 2.16. The molecule has 0 aromatic heterocycles. The van der Waals surface area contributed by atoms with Crippen LogP contribution in [0.15, 0.2) is 0 Å². The van der Waals surface area contributed by atoms with E-state index in [0.29, 0.717) is 18.1 Å². The third-order valence-corrected chi connectivity index (χ3v) is 2.82. The van der Waals surface area contributed by atoms with Crippen molar-refractivity contribution in [3.63, 3.8) is 0 Å². The highest BCUT2D eigenvalue weighted by Crippen LogP contribution is 2.10. The maximum atomic E-state index is 5.81. The van der Waals surface area contributed by atoms with Crippen molar-refractivity contribution < 1.29 is 4.74 Å². The van der Waals surface area contributed by atoms with Crippen LogP contribution in [0.4, 0.5) is 0 Å². The first-order valence-electron chi connectivity index (χ1n) is 5.59. The van der Waals surface area contributed by atoms with Gasteiger partial charge in [-0.3, -0.25) is 0 Å². The second-order valence-corrected chi connectivity index (χ2v) is 4.81. The molecule has 1 aliphatic heterocycles. The largest absolute Gasteiger partial charge is 0.375 e. The van der Waals surface area contributed by atoms with Gasteiger partial charge in [-0.1, -0.05) is 13.8 Å². The summed E-state index contributed by atoms with van der Waals surface area (Å²) in [7, 11) is 4.21. The lowest BCUT2D eigenvalue weighted by Gasteiger charge is -2.33. The zero-order chi connectivity index (χ0) is 10.6. The van der Waals surface area contributed by atoms with Crippen LogP contribution in [0.25, 0.3) is 0 Å². The first-order chi connectivity index (χ1) is 6.59. The minimum absolute atomic E-state index is 0.410. The molecule has 1 N–H and O–H groups in total. The van der Waals surface area contributed by atoms with Crippen LogP contribution < -0.4 is 5.32 Å². The molecule has 0 aromatic carbocycles. The summed E-state index contributed by atoms with van der Waals surface area (Å²) >= 11 is 0. The lowest BCUT2D eigenvalue weighted by atomic mass is 10.0. The van der Waals surface area contributed by atoms with E-state index in [1.54, 1.807) is 0 Å². The Morgan fingerprint density at radius 3 is 2.57 bits per heavy atom. The quantitative estimate of drug-likeness (QED) is 0.731. The van der Waals surface area contributed by atoms with Crippen molar-refractivity contribution in [3.8, 4) is 0 Å². The van der Waals surface area contributed by atoms with Crippen molar-refractivity contribution >= 4 is 0 Å². The molecule has 0 saturated carbocycles. The maximum absolute atomic E-state index is 5.81. The lowest BCUT2D eigenvalue weighted by molar-refractivity contribution is -0.0124. The fraction of sp³-hybridized carbons (Fsp3) is 1.00. The van der Waals surface area contributed by atoms with Crippen molar-refractivity contribution in [2.24, 2.45) is 5.92 Å². The smallest absolute Gasteiger partial charge is 0.0712 e. The Bertz CT molecular complexity index is 151. The number of hydrogen-bond acceptors (Lipinski definition) is 3. The van der Waals surface area contributed by atoms with Crippen LogP contribution in [0.1, 0.15) is 20.3 Å². The average molecular weight is 200 g/mol. The van der Waals surface area contributed by atoms with Crippen molar-refractivity contribution in [2.45, 2.75) is 32.4 Å². The molecule has 1 aliphatic rings. The van der Waals surface area contributed by atoms with Gasteiger partial charge in [0, 0.05) is 19.1 Å². The molecular weight excluding hydrogens is 176 g/mol. The van der Waals surface area contributed by atoms with Gasteiger partial charge in [0.05, 0.1) is 12.7 Å². The molecule has 0 aliphatic carbocycles. The van der Waals surface area contributed by atoms with E-state index in [4.69, 9.17) is 4.74 Å². The van der Waals surface area contributed by atoms with Gasteiger partial charge < -0.3 is 15.0 Å². The standard InChI is InChI=1S/C11H24N2O/c1-9(2)11-8-14-10(7-12-11)5-6-13(3)4/h9-12H,5-8H2,1-4H3. The molecule has 1 rings (SSSR count). The Kier molecular flexibility index (Phi) is 4.85. The summed E-state index contributed by atoms with van der Waals surface area (Å²) in [5.41, 5.74) is 0.